The van der Waals surface area contributed by atoms with Gasteiger partial charge in [0.15, 0.2) is 0 Å². The molecule has 2 aromatic carbocycles. The average Bonchev–Trinajstić information content (AvgIpc) is 3.29. The Kier molecular flexibility index (Phi) is 10.8. The molecule has 0 aliphatic heterocycles. The van der Waals surface area contributed by atoms with Crippen LogP contribution in [-0.4, -0.2) is 9.97 Å². The van der Waals surface area contributed by atoms with Crippen molar-refractivity contribution in [1.29, 1.82) is 0 Å². The lowest BCUT2D eigenvalue weighted by molar-refractivity contribution is 0.398. The van der Waals surface area contributed by atoms with E-state index in [1.807, 2.05) is 12.4 Å². The summed E-state index contributed by atoms with van der Waals surface area (Å²) in [7, 11) is 0. The zero-order chi connectivity index (χ0) is 30.1. The van der Waals surface area contributed by atoms with E-state index < -0.39 is 0 Å². The Morgan fingerprint density at radius 2 is 1.00 bits per heavy atom. The molecule has 2 heterocycles. The Bertz CT molecular complexity index is 1430. The molecule has 0 amide bonds. The topological polar surface area (TPSA) is 25.8 Å². The number of hydrogen-bond donors (Lipinski definition) is 0. The molecular weight excluding hydrogens is 520 g/mol. The number of nitrogens with zero attached hydrogens (tertiary/aromatic N) is 2. The van der Waals surface area contributed by atoms with Crippen LogP contribution in [0.25, 0.3) is 33.6 Å². The molecule has 5 rings (SSSR count). The van der Waals surface area contributed by atoms with Gasteiger partial charge in [0, 0.05) is 23.4 Å². The van der Waals surface area contributed by atoms with Gasteiger partial charge in [-0.2, -0.15) is 0 Å². The molecule has 2 nitrogen and oxygen atoms in total. The molecule has 0 N–H and O–H groups in total. The number of hydrogen-bond acceptors (Lipinski definition) is 2. The Balaban J connectivity index is 1.47. The monoisotopic (exact) mass is 572 g/mol. The minimum atomic E-state index is 0.0986. The van der Waals surface area contributed by atoms with Crippen molar-refractivity contribution in [3.8, 4) is 33.6 Å². The molecular formula is C41H52N2. The van der Waals surface area contributed by atoms with Crippen molar-refractivity contribution in [3.63, 3.8) is 0 Å². The van der Waals surface area contributed by atoms with Crippen LogP contribution in [0.4, 0.5) is 0 Å². The van der Waals surface area contributed by atoms with Crippen LogP contribution in [0.2, 0.25) is 0 Å². The van der Waals surface area contributed by atoms with Crippen LogP contribution in [0.3, 0.4) is 0 Å². The van der Waals surface area contributed by atoms with Crippen molar-refractivity contribution >= 4 is 0 Å². The number of fused-ring (bicyclic) bond motifs is 3. The van der Waals surface area contributed by atoms with Crippen LogP contribution in [0.1, 0.15) is 126 Å². The van der Waals surface area contributed by atoms with Gasteiger partial charge in [0.25, 0.3) is 0 Å². The first-order chi connectivity index (χ1) is 21.1. The van der Waals surface area contributed by atoms with E-state index in [1.165, 1.54) is 123 Å². The molecule has 226 valence electrons. The van der Waals surface area contributed by atoms with Crippen LogP contribution in [0, 0.1) is 13.8 Å². The fourth-order valence-corrected chi connectivity index (χ4v) is 7.20. The van der Waals surface area contributed by atoms with Crippen LogP contribution in [0.5, 0.6) is 0 Å². The molecule has 4 aromatic rings. The summed E-state index contributed by atoms with van der Waals surface area (Å²) >= 11 is 0. The standard InChI is InChI=1S/C41H52N2/c1-5-7-9-11-13-15-25-41(26-16-14-12-10-8-6-2)37-27-31(3)17-21-35(37)36-22-19-33(28-38(36)41)34-20-24-40(43-30-34)39-23-18-32(4)29-42-39/h17-24,27-30H,5-16,25-26H2,1-4H3. The maximum Gasteiger partial charge on any atom is 0.0886 e. The molecule has 2 heteroatoms. The first-order valence-electron chi connectivity index (χ1n) is 17.2. The van der Waals surface area contributed by atoms with Crippen molar-refractivity contribution in [2.24, 2.45) is 0 Å². The van der Waals surface area contributed by atoms with Gasteiger partial charge in [-0.25, -0.2) is 0 Å². The molecule has 1 aliphatic carbocycles. The van der Waals surface area contributed by atoms with E-state index in [1.54, 1.807) is 11.1 Å². The molecule has 0 spiro atoms. The Morgan fingerprint density at radius 3 is 1.58 bits per heavy atom. The fraction of sp³-hybridized carbons (Fsp3) is 0.463. The second-order valence-electron chi connectivity index (χ2n) is 13.1. The van der Waals surface area contributed by atoms with Crippen molar-refractivity contribution in [3.05, 3.63) is 95.3 Å². The number of benzene rings is 2. The number of unbranched alkanes of at least 4 members (excludes halogenated alkanes) is 10. The van der Waals surface area contributed by atoms with E-state index in [9.17, 15) is 0 Å². The van der Waals surface area contributed by atoms with Crippen molar-refractivity contribution in [2.45, 2.75) is 123 Å². The lowest BCUT2D eigenvalue weighted by Crippen LogP contribution is -2.25. The van der Waals surface area contributed by atoms with Crippen LogP contribution in [0.15, 0.2) is 73.1 Å². The Morgan fingerprint density at radius 1 is 0.488 bits per heavy atom. The zero-order valence-corrected chi connectivity index (χ0v) is 27.2. The summed E-state index contributed by atoms with van der Waals surface area (Å²) in [6.07, 6.45) is 22.5. The van der Waals surface area contributed by atoms with E-state index in [0.29, 0.717) is 0 Å². The van der Waals surface area contributed by atoms with Gasteiger partial charge in [0.1, 0.15) is 0 Å². The van der Waals surface area contributed by atoms with Gasteiger partial charge in [-0.1, -0.05) is 139 Å². The van der Waals surface area contributed by atoms with Gasteiger partial charge in [0.05, 0.1) is 11.4 Å². The molecule has 0 radical (unpaired) electrons. The molecule has 0 atom stereocenters. The third kappa shape index (κ3) is 7.28. The molecule has 0 bridgehead atoms. The first kappa shape index (κ1) is 31.2. The van der Waals surface area contributed by atoms with E-state index in [2.05, 4.69) is 93.3 Å². The summed E-state index contributed by atoms with van der Waals surface area (Å²) in [5, 5.41) is 0. The van der Waals surface area contributed by atoms with Crippen molar-refractivity contribution < 1.29 is 0 Å². The van der Waals surface area contributed by atoms with Gasteiger partial charge < -0.3 is 0 Å². The summed E-state index contributed by atoms with van der Waals surface area (Å²) < 4.78 is 0. The molecule has 43 heavy (non-hydrogen) atoms. The number of pyridine rings is 2. The number of aromatic nitrogens is 2. The highest BCUT2D eigenvalue weighted by atomic mass is 14.8. The highest BCUT2D eigenvalue weighted by Crippen LogP contribution is 2.55. The lowest BCUT2D eigenvalue weighted by atomic mass is 9.70. The number of aryl methyl sites for hydroxylation is 2. The fourth-order valence-electron chi connectivity index (χ4n) is 7.20. The highest BCUT2D eigenvalue weighted by molar-refractivity contribution is 5.84. The normalized spacial score (nSPS) is 13.2. The third-order valence-electron chi connectivity index (χ3n) is 9.70. The Labute approximate surface area is 261 Å². The molecule has 0 saturated carbocycles. The summed E-state index contributed by atoms with van der Waals surface area (Å²) in [5.74, 6) is 0. The predicted molar refractivity (Wildman–Crippen MR) is 185 cm³/mol. The van der Waals surface area contributed by atoms with Gasteiger partial charge in [-0.3, -0.25) is 9.97 Å². The molecule has 2 aromatic heterocycles. The maximum absolute atomic E-state index is 4.84. The number of rotatable bonds is 16. The predicted octanol–water partition coefficient (Wildman–Crippen LogP) is 12.2. The molecule has 0 saturated heterocycles. The van der Waals surface area contributed by atoms with Gasteiger partial charge in [-0.05, 0) is 78.3 Å². The average molecular weight is 573 g/mol. The molecule has 0 unspecified atom stereocenters. The lowest BCUT2D eigenvalue weighted by Gasteiger charge is -2.33. The quantitative estimate of drug-likeness (QED) is 0.125. The van der Waals surface area contributed by atoms with E-state index in [4.69, 9.17) is 4.98 Å². The Hall–Kier alpha value is -3.26. The largest absolute Gasteiger partial charge is 0.254 e. The smallest absolute Gasteiger partial charge is 0.0886 e. The van der Waals surface area contributed by atoms with Gasteiger partial charge >= 0.3 is 0 Å². The maximum atomic E-state index is 4.84. The molecule has 1 aliphatic rings. The van der Waals surface area contributed by atoms with Crippen LogP contribution < -0.4 is 0 Å². The van der Waals surface area contributed by atoms with Gasteiger partial charge in [-0.15, -0.1) is 0 Å². The SMILES string of the molecule is CCCCCCCCC1(CCCCCCCC)c2cc(C)ccc2-c2ccc(-c3ccc(-c4ccc(C)cn4)nc3)cc21. The minimum absolute atomic E-state index is 0.0986. The minimum Gasteiger partial charge on any atom is -0.254 e. The first-order valence-corrected chi connectivity index (χ1v) is 17.2. The van der Waals surface area contributed by atoms with E-state index in [0.717, 1.165) is 11.4 Å². The van der Waals surface area contributed by atoms with Crippen LogP contribution in [-0.2, 0) is 5.41 Å². The van der Waals surface area contributed by atoms with Gasteiger partial charge in [0.2, 0.25) is 0 Å². The van der Waals surface area contributed by atoms with E-state index >= 15 is 0 Å². The summed E-state index contributed by atoms with van der Waals surface area (Å²) in [6.45, 7) is 8.96. The van der Waals surface area contributed by atoms with Crippen molar-refractivity contribution in [2.75, 3.05) is 0 Å². The second kappa shape index (κ2) is 15.0. The summed E-state index contributed by atoms with van der Waals surface area (Å²) in [6, 6.07) is 23.0. The zero-order valence-electron chi connectivity index (χ0n) is 27.2. The summed E-state index contributed by atoms with van der Waals surface area (Å²) in [5.41, 5.74) is 13.0. The molecule has 0 fully saturated rings. The van der Waals surface area contributed by atoms with Crippen LogP contribution >= 0.6 is 0 Å². The van der Waals surface area contributed by atoms with Crippen molar-refractivity contribution in [1.82, 2.24) is 9.97 Å². The summed E-state index contributed by atoms with van der Waals surface area (Å²) in [4.78, 5) is 9.43. The highest BCUT2D eigenvalue weighted by Gasteiger charge is 2.42. The third-order valence-corrected chi connectivity index (χ3v) is 9.70. The van der Waals surface area contributed by atoms with E-state index in [-0.39, 0.29) is 5.41 Å². The second-order valence-corrected chi connectivity index (χ2v) is 13.1.